The molecule has 2 aromatic carbocycles. The first-order valence-corrected chi connectivity index (χ1v) is 11.1. The number of benzene rings is 2. The zero-order chi connectivity index (χ0) is 20.9. The van der Waals surface area contributed by atoms with Gasteiger partial charge in [-0.15, -0.1) is 0 Å². The topological polar surface area (TPSA) is 95.6 Å². The first-order chi connectivity index (χ1) is 13.9. The highest BCUT2D eigenvalue weighted by molar-refractivity contribution is 7.89. The van der Waals surface area contributed by atoms with Gasteiger partial charge in [0.05, 0.1) is 11.4 Å². The Morgan fingerprint density at radius 1 is 0.966 bits per heavy atom. The monoisotopic (exact) mass is 415 g/mol. The number of anilines is 2. The van der Waals surface area contributed by atoms with Crippen LogP contribution in [0.4, 0.5) is 11.4 Å². The van der Waals surface area contributed by atoms with Gasteiger partial charge in [0.15, 0.2) is 5.78 Å². The third-order valence-electron chi connectivity index (χ3n) is 4.79. The van der Waals surface area contributed by atoms with Crippen LogP contribution in [0.3, 0.4) is 0 Å². The molecular formula is C21H25N3O4S. The minimum absolute atomic E-state index is 0.00946. The summed E-state index contributed by atoms with van der Waals surface area (Å²) in [5.41, 5.74) is 1.65. The second kappa shape index (κ2) is 9.19. The summed E-state index contributed by atoms with van der Waals surface area (Å²) in [6, 6.07) is 13.2. The van der Waals surface area contributed by atoms with E-state index in [9.17, 15) is 18.0 Å². The Morgan fingerprint density at radius 3 is 2.38 bits per heavy atom. The first-order valence-electron chi connectivity index (χ1n) is 9.61. The van der Waals surface area contributed by atoms with Crippen LogP contribution >= 0.6 is 0 Å². The van der Waals surface area contributed by atoms with Gasteiger partial charge < -0.3 is 10.6 Å². The number of nitrogens with zero attached hydrogens (tertiary/aromatic N) is 1. The Kier molecular flexibility index (Phi) is 6.66. The fourth-order valence-electron chi connectivity index (χ4n) is 3.22. The minimum Gasteiger partial charge on any atom is -0.376 e. The van der Waals surface area contributed by atoms with Crippen molar-refractivity contribution in [2.45, 2.75) is 31.1 Å². The molecular weight excluding hydrogens is 390 g/mol. The highest BCUT2D eigenvalue weighted by Crippen LogP contribution is 2.23. The normalized spacial score (nSPS) is 14.9. The van der Waals surface area contributed by atoms with E-state index in [1.165, 1.54) is 17.3 Å². The molecule has 0 radical (unpaired) electrons. The molecule has 8 heteroatoms. The molecule has 1 aliphatic heterocycles. The number of ketones is 1. The van der Waals surface area contributed by atoms with E-state index >= 15 is 0 Å². The number of rotatable bonds is 7. The smallest absolute Gasteiger partial charge is 0.243 e. The number of piperidine rings is 1. The SMILES string of the molecule is CC(=O)c1cccc(NCC(=O)Nc2cccc(S(=O)(=O)N3CCCCC3)c2)c1. The molecule has 0 saturated carbocycles. The molecule has 2 N–H and O–H groups in total. The Morgan fingerprint density at radius 2 is 1.66 bits per heavy atom. The van der Waals surface area contributed by atoms with Gasteiger partial charge in [-0.1, -0.05) is 24.6 Å². The first kappa shape index (κ1) is 21.0. The molecule has 3 rings (SSSR count). The zero-order valence-electron chi connectivity index (χ0n) is 16.3. The molecule has 1 aliphatic rings. The number of amides is 1. The molecule has 0 spiro atoms. The van der Waals surface area contributed by atoms with E-state index in [-0.39, 0.29) is 23.1 Å². The number of sulfonamides is 1. The molecule has 1 heterocycles. The van der Waals surface area contributed by atoms with Crippen molar-refractivity contribution in [1.29, 1.82) is 0 Å². The Balaban J connectivity index is 1.63. The van der Waals surface area contributed by atoms with Crippen LogP contribution in [0.1, 0.15) is 36.5 Å². The lowest BCUT2D eigenvalue weighted by molar-refractivity contribution is -0.114. The average Bonchev–Trinajstić information content (AvgIpc) is 2.73. The van der Waals surface area contributed by atoms with E-state index < -0.39 is 10.0 Å². The number of carbonyl (C=O) groups is 2. The molecule has 29 heavy (non-hydrogen) atoms. The van der Waals surface area contributed by atoms with Crippen molar-refractivity contribution in [3.05, 3.63) is 54.1 Å². The lowest BCUT2D eigenvalue weighted by Crippen LogP contribution is -2.35. The molecule has 1 fully saturated rings. The largest absolute Gasteiger partial charge is 0.376 e. The summed E-state index contributed by atoms with van der Waals surface area (Å²) in [6.07, 6.45) is 2.78. The van der Waals surface area contributed by atoms with Crippen LogP contribution in [-0.4, -0.2) is 44.0 Å². The van der Waals surface area contributed by atoms with Crippen molar-refractivity contribution in [1.82, 2.24) is 4.31 Å². The van der Waals surface area contributed by atoms with Gasteiger partial charge in [0, 0.05) is 30.0 Å². The molecule has 154 valence electrons. The highest BCUT2D eigenvalue weighted by Gasteiger charge is 2.26. The van der Waals surface area contributed by atoms with Crippen LogP contribution in [0, 0.1) is 0 Å². The van der Waals surface area contributed by atoms with Crippen LogP contribution in [0.5, 0.6) is 0 Å². The average molecular weight is 416 g/mol. The zero-order valence-corrected chi connectivity index (χ0v) is 17.2. The van der Waals surface area contributed by atoms with E-state index in [1.54, 1.807) is 42.5 Å². The van der Waals surface area contributed by atoms with Crippen molar-refractivity contribution in [2.24, 2.45) is 0 Å². The predicted octanol–water partition coefficient (Wildman–Crippen LogP) is 3.11. The lowest BCUT2D eigenvalue weighted by atomic mass is 10.1. The second-order valence-electron chi connectivity index (χ2n) is 7.03. The van der Waals surface area contributed by atoms with Gasteiger partial charge in [-0.25, -0.2) is 8.42 Å². The van der Waals surface area contributed by atoms with E-state index in [1.807, 2.05) is 0 Å². The molecule has 0 aromatic heterocycles. The van der Waals surface area contributed by atoms with Gasteiger partial charge in [0.25, 0.3) is 0 Å². The van der Waals surface area contributed by atoms with Crippen LogP contribution in [0.2, 0.25) is 0 Å². The molecule has 0 atom stereocenters. The molecule has 0 unspecified atom stereocenters. The van der Waals surface area contributed by atoms with E-state index in [0.29, 0.717) is 30.0 Å². The van der Waals surface area contributed by atoms with Crippen LogP contribution in [0.25, 0.3) is 0 Å². The summed E-state index contributed by atoms with van der Waals surface area (Å²) >= 11 is 0. The van der Waals surface area contributed by atoms with Gasteiger partial charge >= 0.3 is 0 Å². The highest BCUT2D eigenvalue weighted by atomic mass is 32.2. The molecule has 1 saturated heterocycles. The number of carbonyl (C=O) groups excluding carboxylic acids is 2. The van der Waals surface area contributed by atoms with E-state index in [4.69, 9.17) is 0 Å². The molecule has 7 nitrogen and oxygen atoms in total. The lowest BCUT2D eigenvalue weighted by Gasteiger charge is -2.26. The van der Waals surface area contributed by atoms with Crippen molar-refractivity contribution >= 4 is 33.1 Å². The van der Waals surface area contributed by atoms with E-state index in [2.05, 4.69) is 10.6 Å². The number of Topliss-reactive ketones (excluding diaryl/α,β-unsaturated/α-hetero) is 1. The summed E-state index contributed by atoms with van der Waals surface area (Å²) in [4.78, 5) is 23.9. The summed E-state index contributed by atoms with van der Waals surface area (Å²) in [5.74, 6) is -0.365. The summed E-state index contributed by atoms with van der Waals surface area (Å²) < 4.78 is 27.1. The maximum Gasteiger partial charge on any atom is 0.243 e. The number of hydrogen-bond donors (Lipinski definition) is 2. The molecule has 2 aromatic rings. The van der Waals surface area contributed by atoms with Crippen LogP contribution < -0.4 is 10.6 Å². The third-order valence-corrected chi connectivity index (χ3v) is 6.69. The van der Waals surface area contributed by atoms with Crippen molar-refractivity contribution in [3.8, 4) is 0 Å². The number of nitrogens with one attached hydrogen (secondary N) is 2. The number of hydrogen-bond acceptors (Lipinski definition) is 5. The van der Waals surface area contributed by atoms with Crippen molar-refractivity contribution < 1.29 is 18.0 Å². The van der Waals surface area contributed by atoms with E-state index in [0.717, 1.165) is 19.3 Å². The summed E-state index contributed by atoms with van der Waals surface area (Å²) in [6.45, 7) is 2.53. The Bertz CT molecular complexity index is 998. The third kappa shape index (κ3) is 5.42. The van der Waals surface area contributed by atoms with Crippen molar-refractivity contribution in [3.63, 3.8) is 0 Å². The molecule has 0 bridgehead atoms. The molecule has 1 amide bonds. The summed E-state index contributed by atoms with van der Waals surface area (Å²) in [7, 11) is -3.55. The van der Waals surface area contributed by atoms with Gasteiger partial charge in [-0.2, -0.15) is 4.31 Å². The van der Waals surface area contributed by atoms with Gasteiger partial charge in [0.1, 0.15) is 0 Å². The van der Waals surface area contributed by atoms with Crippen LogP contribution in [0.15, 0.2) is 53.4 Å². The maximum absolute atomic E-state index is 12.8. The summed E-state index contributed by atoms with van der Waals surface area (Å²) in [5, 5.41) is 5.68. The second-order valence-corrected chi connectivity index (χ2v) is 8.97. The van der Waals surface area contributed by atoms with Gasteiger partial charge in [-0.3, -0.25) is 9.59 Å². The fraction of sp³-hybridized carbons (Fsp3) is 0.333. The van der Waals surface area contributed by atoms with Crippen LogP contribution in [-0.2, 0) is 14.8 Å². The minimum atomic E-state index is -3.55. The Labute approximate surface area is 171 Å². The Hall–Kier alpha value is -2.71. The standard InChI is InChI=1S/C21H25N3O4S/c1-16(25)17-7-5-8-18(13-17)22-15-21(26)23-19-9-6-10-20(14-19)29(27,28)24-11-3-2-4-12-24/h5-10,13-14,22H,2-4,11-12,15H2,1H3,(H,23,26). The predicted molar refractivity (Wildman–Crippen MR) is 113 cm³/mol. The van der Waals surface area contributed by atoms with Gasteiger partial charge in [-0.05, 0) is 50.1 Å². The quantitative estimate of drug-likeness (QED) is 0.678. The fourth-order valence-corrected chi connectivity index (χ4v) is 4.79. The van der Waals surface area contributed by atoms with Crippen molar-refractivity contribution in [2.75, 3.05) is 30.3 Å². The maximum atomic E-state index is 12.8. The van der Waals surface area contributed by atoms with Gasteiger partial charge in [0.2, 0.25) is 15.9 Å². The molecule has 0 aliphatic carbocycles.